The highest BCUT2D eigenvalue weighted by Gasteiger charge is 2.29. The van der Waals surface area contributed by atoms with E-state index in [2.05, 4.69) is 15.9 Å². The first-order valence-corrected chi connectivity index (χ1v) is 7.24. The van der Waals surface area contributed by atoms with Crippen LogP contribution in [0.4, 0.5) is 13.2 Å². The number of aliphatic carboxylic acids is 1. The molecule has 0 fully saturated rings. The standard InChI is InChI=1S/C12H12BrF3O2S/c13-10-4-2-1-3-8(10)7-9(11(17)18)5-6-19-12(14,15)16/h1-4,9H,5-7H2,(H,17,18). The summed E-state index contributed by atoms with van der Waals surface area (Å²) in [7, 11) is 0. The lowest BCUT2D eigenvalue weighted by atomic mass is 9.97. The molecule has 1 N–H and O–H groups in total. The minimum absolute atomic E-state index is 0.0131. The number of halogens is 4. The van der Waals surface area contributed by atoms with Crippen LogP contribution in [0.5, 0.6) is 0 Å². The zero-order valence-corrected chi connectivity index (χ0v) is 12.2. The summed E-state index contributed by atoms with van der Waals surface area (Å²) >= 11 is 3.11. The largest absolute Gasteiger partial charge is 0.481 e. The first-order valence-electron chi connectivity index (χ1n) is 5.46. The molecule has 0 aliphatic rings. The zero-order chi connectivity index (χ0) is 14.5. The highest BCUT2D eigenvalue weighted by atomic mass is 79.9. The van der Waals surface area contributed by atoms with Crippen LogP contribution in [0, 0.1) is 5.92 Å². The number of carboxylic acid groups (broad SMARTS) is 1. The van der Waals surface area contributed by atoms with Crippen LogP contribution in [-0.4, -0.2) is 22.3 Å². The lowest BCUT2D eigenvalue weighted by molar-refractivity contribution is -0.141. The van der Waals surface area contributed by atoms with Gasteiger partial charge in [-0.1, -0.05) is 45.9 Å². The molecule has 0 aromatic heterocycles. The third kappa shape index (κ3) is 6.33. The molecule has 0 saturated carbocycles. The first-order chi connectivity index (χ1) is 8.79. The van der Waals surface area contributed by atoms with E-state index in [0.29, 0.717) is 0 Å². The Kier molecular flexibility index (Phi) is 6.19. The number of alkyl halides is 3. The predicted molar refractivity (Wildman–Crippen MR) is 72.1 cm³/mol. The van der Waals surface area contributed by atoms with E-state index in [-0.39, 0.29) is 30.4 Å². The van der Waals surface area contributed by atoms with E-state index in [0.717, 1.165) is 10.0 Å². The number of rotatable bonds is 6. The van der Waals surface area contributed by atoms with E-state index in [9.17, 15) is 18.0 Å². The van der Waals surface area contributed by atoms with E-state index in [4.69, 9.17) is 5.11 Å². The Labute approximate surface area is 121 Å². The molecule has 0 heterocycles. The molecule has 1 aromatic rings. The summed E-state index contributed by atoms with van der Waals surface area (Å²) in [6.07, 6.45) is 0.204. The minimum Gasteiger partial charge on any atom is -0.481 e. The van der Waals surface area contributed by atoms with Crippen molar-refractivity contribution < 1.29 is 23.1 Å². The smallest absolute Gasteiger partial charge is 0.441 e. The number of thioether (sulfide) groups is 1. The van der Waals surface area contributed by atoms with E-state index in [1.807, 2.05) is 0 Å². The van der Waals surface area contributed by atoms with Gasteiger partial charge in [0.2, 0.25) is 0 Å². The van der Waals surface area contributed by atoms with Gasteiger partial charge in [0.1, 0.15) is 0 Å². The summed E-state index contributed by atoms with van der Waals surface area (Å²) < 4.78 is 36.8. The third-order valence-corrected chi connectivity index (χ3v) is 4.05. The Morgan fingerprint density at radius 3 is 2.53 bits per heavy atom. The molecular formula is C12H12BrF3O2S. The van der Waals surface area contributed by atoms with Crippen molar-refractivity contribution in [2.45, 2.75) is 18.3 Å². The van der Waals surface area contributed by atoms with Crippen molar-refractivity contribution in [1.29, 1.82) is 0 Å². The summed E-state index contributed by atoms with van der Waals surface area (Å²) in [6.45, 7) is 0. The zero-order valence-electron chi connectivity index (χ0n) is 9.78. The monoisotopic (exact) mass is 356 g/mol. The van der Waals surface area contributed by atoms with Gasteiger partial charge in [-0.25, -0.2) is 0 Å². The van der Waals surface area contributed by atoms with Gasteiger partial charge < -0.3 is 5.11 Å². The van der Waals surface area contributed by atoms with Crippen molar-refractivity contribution in [3.63, 3.8) is 0 Å². The quantitative estimate of drug-likeness (QED) is 0.823. The van der Waals surface area contributed by atoms with Crippen LogP contribution in [-0.2, 0) is 11.2 Å². The van der Waals surface area contributed by atoms with Crippen LogP contribution >= 0.6 is 27.7 Å². The van der Waals surface area contributed by atoms with E-state index in [1.54, 1.807) is 24.3 Å². The van der Waals surface area contributed by atoms with Gasteiger partial charge in [-0.15, -0.1) is 0 Å². The Bertz CT molecular complexity index is 437. The average Bonchev–Trinajstić information content (AvgIpc) is 2.28. The number of carboxylic acids is 1. The van der Waals surface area contributed by atoms with Crippen molar-refractivity contribution in [3.8, 4) is 0 Å². The SMILES string of the molecule is O=C(O)C(CCSC(F)(F)F)Cc1ccccc1Br. The Morgan fingerprint density at radius 1 is 1.37 bits per heavy atom. The van der Waals surface area contributed by atoms with E-state index >= 15 is 0 Å². The summed E-state index contributed by atoms with van der Waals surface area (Å²) in [5.74, 6) is -2.13. The normalized spacial score (nSPS) is 13.3. The fourth-order valence-electron chi connectivity index (χ4n) is 1.56. The Morgan fingerprint density at radius 2 is 2.00 bits per heavy atom. The maximum atomic E-state index is 12.0. The van der Waals surface area contributed by atoms with Crippen LogP contribution in [0.25, 0.3) is 0 Å². The van der Waals surface area contributed by atoms with Gasteiger partial charge >= 0.3 is 11.5 Å². The fraction of sp³-hybridized carbons (Fsp3) is 0.417. The van der Waals surface area contributed by atoms with E-state index < -0.39 is 17.4 Å². The Hall–Kier alpha value is -0.690. The molecule has 7 heteroatoms. The molecule has 0 radical (unpaired) electrons. The number of hydrogen-bond acceptors (Lipinski definition) is 2. The minimum atomic E-state index is -4.31. The van der Waals surface area contributed by atoms with E-state index in [1.165, 1.54) is 0 Å². The summed E-state index contributed by atoms with van der Waals surface area (Å²) in [5, 5.41) is 9.05. The molecule has 106 valence electrons. The fourth-order valence-corrected chi connectivity index (χ4v) is 2.64. The van der Waals surface area contributed by atoms with Gasteiger partial charge in [0, 0.05) is 10.2 Å². The van der Waals surface area contributed by atoms with Crippen molar-refractivity contribution in [2.75, 3.05) is 5.75 Å². The third-order valence-electron chi connectivity index (χ3n) is 2.51. The lowest BCUT2D eigenvalue weighted by Crippen LogP contribution is -2.18. The molecule has 1 aromatic carbocycles. The second-order valence-corrected chi connectivity index (χ2v) is 5.93. The molecule has 1 rings (SSSR count). The molecule has 0 spiro atoms. The molecule has 2 nitrogen and oxygen atoms in total. The van der Waals surface area contributed by atoms with Gasteiger partial charge in [-0.2, -0.15) is 13.2 Å². The maximum absolute atomic E-state index is 12.0. The van der Waals surface area contributed by atoms with Gasteiger partial charge in [-0.05, 0) is 24.5 Å². The van der Waals surface area contributed by atoms with Crippen LogP contribution in [0.15, 0.2) is 28.7 Å². The molecule has 0 aliphatic heterocycles. The first kappa shape index (κ1) is 16.4. The van der Waals surface area contributed by atoms with Crippen molar-refractivity contribution in [2.24, 2.45) is 5.92 Å². The molecule has 0 amide bonds. The van der Waals surface area contributed by atoms with Crippen LogP contribution in [0.3, 0.4) is 0 Å². The Balaban J connectivity index is 2.59. The van der Waals surface area contributed by atoms with Crippen LogP contribution < -0.4 is 0 Å². The molecule has 0 bridgehead atoms. The molecule has 1 unspecified atom stereocenters. The van der Waals surface area contributed by atoms with Crippen LogP contribution in [0.2, 0.25) is 0 Å². The average molecular weight is 357 g/mol. The second-order valence-electron chi connectivity index (χ2n) is 3.91. The van der Waals surface area contributed by atoms with Crippen LogP contribution in [0.1, 0.15) is 12.0 Å². The number of benzene rings is 1. The summed E-state index contributed by atoms with van der Waals surface area (Å²) in [6, 6.07) is 7.10. The van der Waals surface area contributed by atoms with Crippen molar-refractivity contribution in [1.82, 2.24) is 0 Å². The molecule has 0 saturated heterocycles. The van der Waals surface area contributed by atoms with Crippen molar-refractivity contribution >= 4 is 33.7 Å². The number of carbonyl (C=O) groups is 1. The molecule has 19 heavy (non-hydrogen) atoms. The van der Waals surface area contributed by atoms with Gasteiger partial charge in [0.15, 0.2) is 0 Å². The predicted octanol–water partition coefficient (Wildman–Crippen LogP) is 4.34. The second kappa shape index (κ2) is 7.19. The van der Waals surface area contributed by atoms with Gasteiger partial charge in [0.05, 0.1) is 5.92 Å². The molecule has 1 atom stereocenters. The highest BCUT2D eigenvalue weighted by Crippen LogP contribution is 2.32. The van der Waals surface area contributed by atoms with Gasteiger partial charge in [-0.3, -0.25) is 4.79 Å². The maximum Gasteiger partial charge on any atom is 0.441 e. The topological polar surface area (TPSA) is 37.3 Å². The lowest BCUT2D eigenvalue weighted by Gasteiger charge is -2.13. The molecule has 0 aliphatic carbocycles. The molecular weight excluding hydrogens is 345 g/mol. The summed E-state index contributed by atoms with van der Waals surface area (Å²) in [4.78, 5) is 11.1. The summed E-state index contributed by atoms with van der Waals surface area (Å²) in [5.41, 5.74) is -3.52. The van der Waals surface area contributed by atoms with Crippen molar-refractivity contribution in [3.05, 3.63) is 34.3 Å². The van der Waals surface area contributed by atoms with Gasteiger partial charge in [0.25, 0.3) is 0 Å². The number of hydrogen-bond donors (Lipinski definition) is 1. The highest BCUT2D eigenvalue weighted by molar-refractivity contribution is 9.10.